The zero-order chi connectivity index (χ0) is 18.3. The van der Waals surface area contributed by atoms with Crippen LogP contribution in [0.2, 0.25) is 0 Å². The molecule has 1 aliphatic heterocycles. The molecule has 4 rings (SSSR count). The van der Waals surface area contributed by atoms with E-state index in [1.165, 1.54) is 12.8 Å². The summed E-state index contributed by atoms with van der Waals surface area (Å²) < 4.78 is 7.13. The average Bonchev–Trinajstić information content (AvgIpc) is 3.22. The minimum Gasteiger partial charge on any atom is -0.493 e. The Morgan fingerprint density at radius 1 is 1.31 bits per heavy atom. The number of hydrogen-bond acceptors (Lipinski definition) is 4. The zero-order valence-electron chi connectivity index (χ0n) is 14.6. The Bertz CT molecular complexity index is 864. The third-order valence-electron chi connectivity index (χ3n) is 5.11. The summed E-state index contributed by atoms with van der Waals surface area (Å²) in [6.45, 7) is 4.26. The first-order valence-corrected chi connectivity index (χ1v) is 9.51. The van der Waals surface area contributed by atoms with Crippen molar-refractivity contribution >= 4 is 27.6 Å². The first kappa shape index (κ1) is 17.4. The maximum atomic E-state index is 11.2. The molecule has 0 spiro atoms. The van der Waals surface area contributed by atoms with Crippen LogP contribution in [0.15, 0.2) is 40.9 Å². The lowest BCUT2D eigenvalue weighted by Gasteiger charge is -2.22. The highest BCUT2D eigenvalue weighted by Gasteiger charge is 2.38. The lowest BCUT2D eigenvalue weighted by Crippen LogP contribution is -2.31. The Labute approximate surface area is 161 Å². The summed E-state index contributed by atoms with van der Waals surface area (Å²) >= 11 is 3.55. The van der Waals surface area contributed by atoms with Crippen LogP contribution in [0.3, 0.4) is 0 Å². The normalized spacial score (nSPS) is 17.1. The number of nitrogens with one attached hydrogen (secondary N) is 1. The quantitative estimate of drug-likeness (QED) is 0.732. The number of aromatic carboxylic acids is 1. The molecule has 1 fully saturated rings. The van der Waals surface area contributed by atoms with Crippen LogP contribution in [0.5, 0.6) is 5.75 Å². The van der Waals surface area contributed by atoms with E-state index in [-0.39, 0.29) is 0 Å². The van der Waals surface area contributed by atoms with Gasteiger partial charge < -0.3 is 14.9 Å². The third-order valence-corrected chi connectivity index (χ3v) is 5.60. The largest absolute Gasteiger partial charge is 0.493 e. The molecular weight excluding hydrogens is 396 g/mol. The number of halogens is 1. The second kappa shape index (κ2) is 6.59. The molecule has 1 heterocycles. The Balaban J connectivity index is 1.55. The van der Waals surface area contributed by atoms with Gasteiger partial charge in [-0.1, -0.05) is 22.9 Å². The van der Waals surface area contributed by atoms with Crippen molar-refractivity contribution in [2.75, 3.05) is 11.6 Å². The highest BCUT2D eigenvalue weighted by atomic mass is 79.9. The van der Waals surface area contributed by atoms with Gasteiger partial charge in [0.25, 0.3) is 0 Å². The molecule has 2 N–H and O–H groups in total. The van der Waals surface area contributed by atoms with Gasteiger partial charge in [-0.25, -0.2) is 10.2 Å². The molecule has 6 heteroatoms. The van der Waals surface area contributed by atoms with E-state index in [9.17, 15) is 4.79 Å². The fourth-order valence-electron chi connectivity index (χ4n) is 3.12. The van der Waals surface area contributed by atoms with Crippen LogP contribution in [-0.4, -0.2) is 17.7 Å². The molecule has 26 heavy (non-hydrogen) atoms. The molecule has 0 saturated heterocycles. The number of anilines is 1. The zero-order valence-corrected chi connectivity index (χ0v) is 16.2. The first-order valence-electron chi connectivity index (χ1n) is 8.72. The fourth-order valence-corrected chi connectivity index (χ4v) is 3.53. The van der Waals surface area contributed by atoms with Gasteiger partial charge in [0.2, 0.25) is 0 Å². The van der Waals surface area contributed by atoms with E-state index in [4.69, 9.17) is 9.84 Å². The molecule has 0 radical (unpaired) electrons. The second-order valence-electron chi connectivity index (χ2n) is 7.42. The van der Waals surface area contributed by atoms with Crippen LogP contribution in [0, 0.1) is 5.41 Å². The van der Waals surface area contributed by atoms with Gasteiger partial charge in [0.15, 0.2) is 0 Å². The Hall–Kier alpha value is -2.05. The number of nitrogens with zero attached hydrogens (tertiary/aromatic N) is 1. The number of hydrogen-bond donors (Lipinski definition) is 2. The van der Waals surface area contributed by atoms with Crippen molar-refractivity contribution in [2.45, 2.75) is 32.9 Å². The molecule has 0 bridgehead atoms. The van der Waals surface area contributed by atoms with Gasteiger partial charge in [0, 0.05) is 22.0 Å². The van der Waals surface area contributed by atoms with Gasteiger partial charge in [-0.15, -0.1) is 0 Å². The highest BCUT2D eigenvalue weighted by Crippen LogP contribution is 2.45. The second-order valence-corrected chi connectivity index (χ2v) is 8.34. The smallest absolute Gasteiger partial charge is 0.335 e. The molecule has 0 amide bonds. The van der Waals surface area contributed by atoms with E-state index >= 15 is 0 Å². The van der Waals surface area contributed by atoms with Crippen molar-refractivity contribution in [3.63, 3.8) is 0 Å². The van der Waals surface area contributed by atoms with Gasteiger partial charge in [-0.2, -0.15) is 0 Å². The average molecular weight is 417 g/mol. The Morgan fingerprint density at radius 2 is 2.12 bits per heavy atom. The van der Waals surface area contributed by atoms with Gasteiger partial charge in [0.1, 0.15) is 5.75 Å². The molecule has 1 aliphatic carbocycles. The van der Waals surface area contributed by atoms with Crippen molar-refractivity contribution < 1.29 is 14.6 Å². The number of carboxylic acids is 1. The highest BCUT2D eigenvalue weighted by molar-refractivity contribution is 9.10. The van der Waals surface area contributed by atoms with Crippen molar-refractivity contribution in [3.05, 3.63) is 57.6 Å². The number of carbonyl (C=O) groups is 1. The fraction of sp³-hybridized carbons (Fsp3) is 0.350. The Morgan fingerprint density at radius 3 is 2.85 bits per heavy atom. The van der Waals surface area contributed by atoms with Crippen LogP contribution >= 0.6 is 15.9 Å². The van der Waals surface area contributed by atoms with Gasteiger partial charge in [-0.05, 0) is 54.8 Å². The molecule has 0 unspecified atom stereocenters. The van der Waals surface area contributed by atoms with Gasteiger partial charge in [0.05, 0.1) is 24.4 Å². The minimum absolute atomic E-state index is 0.316. The van der Waals surface area contributed by atoms with Crippen LogP contribution in [-0.2, 0) is 13.1 Å². The predicted octanol–water partition coefficient (Wildman–Crippen LogP) is 4.35. The summed E-state index contributed by atoms with van der Waals surface area (Å²) in [5.74, 6) is 0.00114. The third kappa shape index (κ3) is 3.57. The van der Waals surface area contributed by atoms with Crippen molar-refractivity contribution in [1.29, 1.82) is 0 Å². The summed E-state index contributed by atoms with van der Waals surface area (Å²) in [6.07, 6.45) is 2.46. The maximum Gasteiger partial charge on any atom is 0.335 e. The number of fused-ring (bicyclic) bond motifs is 1. The van der Waals surface area contributed by atoms with E-state index in [0.717, 1.165) is 33.6 Å². The molecular formula is C20H21BrN2O3. The molecule has 0 atom stereocenters. The van der Waals surface area contributed by atoms with Crippen molar-refractivity contribution in [2.24, 2.45) is 5.41 Å². The molecule has 0 aromatic heterocycles. The topological polar surface area (TPSA) is 61.8 Å². The maximum absolute atomic E-state index is 11.2. The molecule has 1 saturated carbocycles. The van der Waals surface area contributed by atoms with E-state index in [2.05, 4.69) is 39.4 Å². The Kier molecular flexibility index (Phi) is 4.40. The molecule has 5 nitrogen and oxygen atoms in total. The van der Waals surface area contributed by atoms with E-state index in [1.54, 1.807) is 12.1 Å². The molecule has 2 aromatic rings. The summed E-state index contributed by atoms with van der Waals surface area (Å²) in [5.41, 5.74) is 7.08. The lowest BCUT2D eigenvalue weighted by atomic mass is 10.1. The van der Waals surface area contributed by atoms with Crippen LogP contribution in [0.1, 0.15) is 41.3 Å². The summed E-state index contributed by atoms with van der Waals surface area (Å²) in [5, 5.41) is 11.2. The first-order chi connectivity index (χ1) is 12.4. The molecule has 2 aliphatic rings. The van der Waals surface area contributed by atoms with E-state index in [0.29, 0.717) is 24.1 Å². The van der Waals surface area contributed by atoms with E-state index < -0.39 is 5.97 Å². The predicted molar refractivity (Wildman–Crippen MR) is 103 cm³/mol. The van der Waals surface area contributed by atoms with Crippen LogP contribution in [0.4, 0.5) is 5.69 Å². The number of carboxylic acid groups (broad SMARTS) is 1. The number of benzene rings is 2. The van der Waals surface area contributed by atoms with Gasteiger partial charge >= 0.3 is 5.97 Å². The van der Waals surface area contributed by atoms with Crippen LogP contribution < -0.4 is 15.2 Å². The standard InChI is InChI=1S/C20H21BrN2O3/c1-20(6-7-20)12-26-18-5-3-16(21)9-15(18)11-23-17-4-2-13(19(24)25)8-14(17)10-22-23/h2-5,8-9,22H,6-7,10-12H2,1H3,(H,24,25). The summed E-state index contributed by atoms with van der Waals surface area (Å²) in [4.78, 5) is 11.2. The summed E-state index contributed by atoms with van der Waals surface area (Å²) in [6, 6.07) is 11.3. The number of rotatable bonds is 6. The molecule has 136 valence electrons. The lowest BCUT2D eigenvalue weighted by molar-refractivity contribution is 0.0697. The van der Waals surface area contributed by atoms with Crippen molar-refractivity contribution in [3.8, 4) is 5.75 Å². The summed E-state index contributed by atoms with van der Waals surface area (Å²) in [7, 11) is 0. The van der Waals surface area contributed by atoms with Crippen molar-refractivity contribution in [1.82, 2.24) is 5.43 Å². The van der Waals surface area contributed by atoms with E-state index in [1.807, 2.05) is 18.2 Å². The monoisotopic (exact) mass is 416 g/mol. The SMILES string of the molecule is CC1(COc2ccc(Br)cc2CN2NCc3cc(C(=O)O)ccc32)CC1. The number of ether oxygens (including phenoxy) is 1. The number of hydrazine groups is 1. The minimum atomic E-state index is -0.900. The molecule has 2 aromatic carbocycles. The van der Waals surface area contributed by atoms with Gasteiger partial charge in [-0.3, -0.25) is 0 Å². The van der Waals surface area contributed by atoms with Crippen LogP contribution in [0.25, 0.3) is 0 Å².